The smallest absolute Gasteiger partial charge is 0.243 e. The van der Waals surface area contributed by atoms with Crippen molar-refractivity contribution in [3.63, 3.8) is 0 Å². The Morgan fingerprint density at radius 2 is 1.76 bits per heavy atom. The highest BCUT2D eigenvalue weighted by Crippen LogP contribution is 2.32. The van der Waals surface area contributed by atoms with E-state index in [1.165, 1.54) is 0 Å². The molecule has 0 bridgehead atoms. The first-order valence-corrected chi connectivity index (χ1v) is 13.7. The Labute approximate surface area is 202 Å². The molecule has 2 fully saturated rings. The summed E-state index contributed by atoms with van der Waals surface area (Å²) in [4.78, 5) is 17.7. The SMILES string of the molecule is CC1CN(CC(=O)N2CCCc3cc(S(=O)(=O)N4CCCC4)ccc32)CC(c2ccccc2)O1. The van der Waals surface area contributed by atoms with Gasteiger partial charge in [0.2, 0.25) is 15.9 Å². The summed E-state index contributed by atoms with van der Waals surface area (Å²) >= 11 is 0. The van der Waals surface area contributed by atoms with Crippen LogP contribution in [0.1, 0.15) is 43.4 Å². The summed E-state index contributed by atoms with van der Waals surface area (Å²) in [5, 5.41) is 0. The van der Waals surface area contributed by atoms with E-state index in [1.54, 1.807) is 16.4 Å². The van der Waals surface area contributed by atoms with E-state index < -0.39 is 10.0 Å². The average Bonchev–Trinajstić information content (AvgIpc) is 3.39. The van der Waals surface area contributed by atoms with Crippen LogP contribution in [-0.2, 0) is 26.0 Å². The number of carbonyl (C=O) groups excluding carboxylic acids is 1. The zero-order valence-electron chi connectivity index (χ0n) is 19.7. The van der Waals surface area contributed by atoms with E-state index in [4.69, 9.17) is 4.74 Å². The zero-order chi connectivity index (χ0) is 23.7. The first-order valence-electron chi connectivity index (χ1n) is 12.3. The van der Waals surface area contributed by atoms with E-state index in [2.05, 4.69) is 17.0 Å². The Hall–Kier alpha value is -2.26. The van der Waals surface area contributed by atoms with Crippen LogP contribution in [-0.4, -0.2) is 68.9 Å². The van der Waals surface area contributed by atoms with Crippen LogP contribution in [0.25, 0.3) is 0 Å². The number of hydrogen-bond acceptors (Lipinski definition) is 5. The highest BCUT2D eigenvalue weighted by atomic mass is 32.2. The molecule has 2 saturated heterocycles. The molecule has 2 aromatic rings. The first kappa shape index (κ1) is 23.5. The number of hydrogen-bond donors (Lipinski definition) is 0. The van der Waals surface area contributed by atoms with Crippen LogP contribution < -0.4 is 4.90 Å². The summed E-state index contributed by atoms with van der Waals surface area (Å²) < 4.78 is 33.7. The van der Waals surface area contributed by atoms with Gasteiger partial charge in [-0.15, -0.1) is 0 Å². The highest BCUT2D eigenvalue weighted by molar-refractivity contribution is 7.89. The summed E-state index contributed by atoms with van der Waals surface area (Å²) in [7, 11) is -3.46. The second-order valence-corrected chi connectivity index (χ2v) is 11.5. The lowest BCUT2D eigenvalue weighted by molar-refractivity contribution is -0.124. The van der Waals surface area contributed by atoms with Gasteiger partial charge >= 0.3 is 0 Å². The number of benzene rings is 2. The van der Waals surface area contributed by atoms with Gasteiger partial charge in [-0.1, -0.05) is 30.3 Å². The third-order valence-electron chi connectivity index (χ3n) is 7.04. The second-order valence-electron chi connectivity index (χ2n) is 9.59. The molecular weight excluding hydrogens is 450 g/mol. The quantitative estimate of drug-likeness (QED) is 0.653. The predicted octanol–water partition coefficient (Wildman–Crippen LogP) is 3.21. The molecule has 34 heavy (non-hydrogen) atoms. The molecule has 8 heteroatoms. The summed E-state index contributed by atoms with van der Waals surface area (Å²) in [5.74, 6) is 0.0528. The summed E-state index contributed by atoms with van der Waals surface area (Å²) in [5.41, 5.74) is 2.91. The van der Waals surface area contributed by atoms with Crippen molar-refractivity contribution in [1.82, 2.24) is 9.21 Å². The molecule has 0 N–H and O–H groups in total. The molecule has 2 aromatic carbocycles. The molecule has 0 aliphatic carbocycles. The van der Waals surface area contributed by atoms with Crippen molar-refractivity contribution in [3.8, 4) is 0 Å². The molecule has 5 rings (SSSR count). The van der Waals surface area contributed by atoms with Crippen LogP contribution in [0.2, 0.25) is 0 Å². The monoisotopic (exact) mass is 483 g/mol. The largest absolute Gasteiger partial charge is 0.368 e. The molecule has 0 radical (unpaired) electrons. The molecule has 0 saturated carbocycles. The standard InChI is InChI=1S/C26H33N3O4S/c1-20-17-27(18-25(33-20)21-8-3-2-4-9-21)19-26(30)29-15-7-10-22-16-23(11-12-24(22)29)34(31,32)28-13-5-6-14-28/h2-4,8-9,11-12,16,20,25H,5-7,10,13-15,17-19H2,1H3. The van der Waals surface area contributed by atoms with Crippen LogP contribution >= 0.6 is 0 Å². The molecule has 7 nitrogen and oxygen atoms in total. The van der Waals surface area contributed by atoms with Crippen molar-refractivity contribution in [3.05, 3.63) is 59.7 Å². The van der Waals surface area contributed by atoms with Gasteiger partial charge in [0, 0.05) is 38.4 Å². The van der Waals surface area contributed by atoms with Crippen molar-refractivity contribution < 1.29 is 17.9 Å². The lowest BCUT2D eigenvalue weighted by Gasteiger charge is -2.38. The maximum Gasteiger partial charge on any atom is 0.243 e. The van der Waals surface area contributed by atoms with Crippen LogP contribution in [0.4, 0.5) is 5.69 Å². The molecule has 1 amide bonds. The summed E-state index contributed by atoms with van der Waals surface area (Å²) in [6.07, 6.45) is 3.43. The molecule has 3 aliphatic heterocycles. The van der Waals surface area contributed by atoms with E-state index in [0.717, 1.165) is 42.5 Å². The van der Waals surface area contributed by atoms with Gasteiger partial charge in [-0.05, 0) is 61.9 Å². The Bertz CT molecular complexity index is 1130. The summed E-state index contributed by atoms with van der Waals surface area (Å²) in [6.45, 7) is 5.59. The lowest BCUT2D eigenvalue weighted by Crippen LogP contribution is -2.49. The third kappa shape index (κ3) is 4.77. The number of ether oxygens (including phenoxy) is 1. The fourth-order valence-corrected chi connectivity index (χ4v) is 6.94. The van der Waals surface area contributed by atoms with Gasteiger partial charge in [-0.25, -0.2) is 8.42 Å². The van der Waals surface area contributed by atoms with Gasteiger partial charge < -0.3 is 9.64 Å². The van der Waals surface area contributed by atoms with Gasteiger partial charge in [-0.3, -0.25) is 9.69 Å². The number of sulfonamides is 1. The van der Waals surface area contributed by atoms with E-state index in [1.807, 2.05) is 36.1 Å². The van der Waals surface area contributed by atoms with Gasteiger partial charge in [0.25, 0.3) is 0 Å². The molecular formula is C26H33N3O4S. The van der Waals surface area contributed by atoms with E-state index in [9.17, 15) is 13.2 Å². The Morgan fingerprint density at radius 3 is 2.53 bits per heavy atom. The fraction of sp³-hybridized carbons (Fsp3) is 0.500. The van der Waals surface area contributed by atoms with Gasteiger partial charge in [0.05, 0.1) is 23.6 Å². The second kappa shape index (κ2) is 9.77. The number of nitrogens with zero attached hydrogens (tertiary/aromatic N) is 3. The van der Waals surface area contributed by atoms with Crippen LogP contribution in [0.5, 0.6) is 0 Å². The fourth-order valence-electron chi connectivity index (χ4n) is 5.37. The molecule has 3 heterocycles. The molecule has 0 spiro atoms. The maximum absolute atomic E-state index is 13.4. The van der Waals surface area contributed by atoms with E-state index in [-0.39, 0.29) is 18.1 Å². The maximum atomic E-state index is 13.4. The Morgan fingerprint density at radius 1 is 1.00 bits per heavy atom. The molecule has 182 valence electrons. The topological polar surface area (TPSA) is 70.2 Å². The first-order chi connectivity index (χ1) is 16.4. The average molecular weight is 484 g/mol. The minimum absolute atomic E-state index is 0.0405. The third-order valence-corrected chi connectivity index (χ3v) is 8.93. The highest BCUT2D eigenvalue weighted by Gasteiger charge is 2.32. The minimum Gasteiger partial charge on any atom is -0.368 e. The van der Waals surface area contributed by atoms with Crippen LogP contribution in [0.3, 0.4) is 0 Å². The van der Waals surface area contributed by atoms with E-state index >= 15 is 0 Å². The van der Waals surface area contributed by atoms with Crippen molar-refractivity contribution in [2.75, 3.05) is 44.2 Å². The van der Waals surface area contributed by atoms with Gasteiger partial charge in [0.1, 0.15) is 0 Å². The number of morpholine rings is 1. The molecule has 3 aliphatic rings. The van der Waals surface area contributed by atoms with Crippen molar-refractivity contribution in [2.24, 2.45) is 0 Å². The van der Waals surface area contributed by atoms with Crippen LogP contribution in [0, 0.1) is 0 Å². The number of amides is 1. The molecule has 0 aromatic heterocycles. The van der Waals surface area contributed by atoms with E-state index in [0.29, 0.717) is 44.2 Å². The number of aryl methyl sites for hydroxylation is 1. The minimum atomic E-state index is -3.46. The molecule has 2 unspecified atom stereocenters. The number of fused-ring (bicyclic) bond motifs is 1. The van der Waals surface area contributed by atoms with Crippen molar-refractivity contribution in [2.45, 2.75) is 49.7 Å². The van der Waals surface area contributed by atoms with Gasteiger partial charge in [0.15, 0.2) is 0 Å². The lowest BCUT2D eigenvalue weighted by atomic mass is 10.0. The van der Waals surface area contributed by atoms with Crippen LogP contribution in [0.15, 0.2) is 53.4 Å². The summed E-state index contributed by atoms with van der Waals surface area (Å²) in [6, 6.07) is 15.4. The van der Waals surface area contributed by atoms with Gasteiger partial charge in [-0.2, -0.15) is 4.31 Å². The predicted molar refractivity (Wildman–Crippen MR) is 131 cm³/mol. The molecule has 2 atom stereocenters. The number of carbonyl (C=O) groups is 1. The Kier molecular flexibility index (Phi) is 6.75. The number of rotatable bonds is 5. The Balaban J connectivity index is 1.31. The zero-order valence-corrected chi connectivity index (χ0v) is 20.5. The number of anilines is 1. The normalized spacial score (nSPS) is 24.2. The van der Waals surface area contributed by atoms with Crippen molar-refractivity contribution >= 4 is 21.6 Å². The van der Waals surface area contributed by atoms with Crippen molar-refractivity contribution in [1.29, 1.82) is 0 Å².